The molecule has 0 fully saturated rings. The van der Waals surface area contributed by atoms with Gasteiger partial charge < -0.3 is 4.74 Å². The number of benzene rings is 3. The zero-order valence-electron chi connectivity index (χ0n) is 15.2. The fourth-order valence-corrected chi connectivity index (χ4v) is 3.74. The van der Waals surface area contributed by atoms with Gasteiger partial charge in [-0.05, 0) is 65.7 Å². The summed E-state index contributed by atoms with van der Waals surface area (Å²) >= 11 is 13.4. The Hall–Kier alpha value is -2.20. The Balaban J connectivity index is 1.87. The molecule has 0 unspecified atom stereocenters. The van der Waals surface area contributed by atoms with E-state index >= 15 is 0 Å². The van der Waals surface area contributed by atoms with E-state index in [-0.39, 0.29) is 5.78 Å². The van der Waals surface area contributed by atoms with Gasteiger partial charge in [-0.2, -0.15) is 0 Å². The molecular weight excluding hydrogens is 411 g/mol. The Morgan fingerprint density at radius 3 is 2.04 bits per heavy atom. The average Bonchev–Trinajstić information content (AvgIpc) is 2.73. The summed E-state index contributed by atoms with van der Waals surface area (Å²) in [4.78, 5) is 13.7. The minimum atomic E-state index is -0.0357. The van der Waals surface area contributed by atoms with Crippen molar-refractivity contribution in [3.63, 3.8) is 0 Å². The van der Waals surface area contributed by atoms with Crippen molar-refractivity contribution >= 4 is 46.8 Å². The molecule has 0 atom stereocenters. The first-order chi connectivity index (χ1) is 13.5. The van der Waals surface area contributed by atoms with E-state index < -0.39 is 0 Å². The molecule has 0 aliphatic rings. The van der Waals surface area contributed by atoms with Crippen LogP contribution >= 0.6 is 35.0 Å². The van der Waals surface area contributed by atoms with Gasteiger partial charge in [-0.25, -0.2) is 0 Å². The lowest BCUT2D eigenvalue weighted by molar-refractivity contribution is 0.104. The van der Waals surface area contributed by atoms with Crippen molar-refractivity contribution in [3.8, 4) is 5.75 Å². The van der Waals surface area contributed by atoms with Gasteiger partial charge in [0, 0.05) is 21.4 Å². The summed E-state index contributed by atoms with van der Waals surface area (Å²) < 4.78 is 5.20. The van der Waals surface area contributed by atoms with E-state index in [9.17, 15) is 4.79 Å². The quantitative estimate of drug-likeness (QED) is 0.294. The number of ether oxygens (including phenoxy) is 1. The van der Waals surface area contributed by atoms with E-state index in [0.717, 1.165) is 16.9 Å². The van der Waals surface area contributed by atoms with E-state index in [0.29, 0.717) is 26.3 Å². The highest BCUT2D eigenvalue weighted by molar-refractivity contribution is 8.03. The zero-order chi connectivity index (χ0) is 19.9. The maximum atomic E-state index is 13.1. The molecule has 0 heterocycles. The van der Waals surface area contributed by atoms with Crippen LogP contribution in [0.5, 0.6) is 5.75 Å². The number of rotatable bonds is 7. The van der Waals surface area contributed by atoms with Crippen LogP contribution in [0, 0.1) is 0 Å². The molecule has 0 amide bonds. The van der Waals surface area contributed by atoms with E-state index in [4.69, 9.17) is 27.9 Å². The van der Waals surface area contributed by atoms with E-state index in [1.165, 1.54) is 11.8 Å². The third-order valence-corrected chi connectivity index (χ3v) is 5.65. The molecule has 3 aromatic carbocycles. The summed E-state index contributed by atoms with van der Waals surface area (Å²) in [6.45, 7) is 0. The summed E-state index contributed by atoms with van der Waals surface area (Å²) in [7, 11) is 1.63. The molecule has 2 nitrogen and oxygen atoms in total. The number of carbonyl (C=O) groups is 1. The SMILES string of the molecule is COc1ccc(/C=C(/SCc2ccc(Cl)cc2)C(=O)c2ccc(Cl)cc2)cc1. The van der Waals surface area contributed by atoms with Gasteiger partial charge in [0.25, 0.3) is 0 Å². The highest BCUT2D eigenvalue weighted by Crippen LogP contribution is 2.28. The molecule has 5 heteroatoms. The number of allylic oxidation sites excluding steroid dienone is 1. The Labute approximate surface area is 179 Å². The van der Waals surface area contributed by atoms with Gasteiger partial charge in [-0.3, -0.25) is 4.79 Å². The van der Waals surface area contributed by atoms with Crippen LogP contribution in [-0.2, 0) is 5.75 Å². The lowest BCUT2D eigenvalue weighted by Crippen LogP contribution is -2.01. The maximum absolute atomic E-state index is 13.1. The molecule has 28 heavy (non-hydrogen) atoms. The van der Waals surface area contributed by atoms with Crippen molar-refractivity contribution in [3.05, 3.63) is 104 Å². The van der Waals surface area contributed by atoms with Gasteiger partial charge in [0.05, 0.1) is 12.0 Å². The number of hydrogen-bond acceptors (Lipinski definition) is 3. The van der Waals surface area contributed by atoms with E-state index in [1.807, 2.05) is 54.6 Å². The number of Topliss-reactive ketones (excluding diaryl/α,β-unsaturated/α-hetero) is 1. The van der Waals surface area contributed by atoms with Gasteiger partial charge >= 0.3 is 0 Å². The predicted octanol–water partition coefficient (Wildman–Crippen LogP) is 7.16. The third-order valence-electron chi connectivity index (χ3n) is 4.05. The van der Waals surface area contributed by atoms with E-state index in [2.05, 4.69) is 0 Å². The smallest absolute Gasteiger partial charge is 0.199 e. The first-order valence-electron chi connectivity index (χ1n) is 8.58. The molecule has 0 radical (unpaired) electrons. The second kappa shape index (κ2) is 9.83. The Morgan fingerprint density at radius 2 is 1.46 bits per heavy atom. The minimum absolute atomic E-state index is 0.0357. The normalized spacial score (nSPS) is 11.3. The largest absolute Gasteiger partial charge is 0.497 e. The molecule has 0 spiro atoms. The summed E-state index contributed by atoms with van der Waals surface area (Å²) in [6.07, 6.45) is 1.90. The standard InChI is InChI=1S/C23H18Cl2O2S/c1-27-21-12-4-16(5-13-21)14-22(23(26)18-6-10-20(25)11-7-18)28-15-17-2-8-19(24)9-3-17/h2-14H,15H2,1H3/b22-14+. The van der Waals surface area contributed by atoms with E-state index in [1.54, 1.807) is 31.4 Å². The van der Waals surface area contributed by atoms with Crippen LogP contribution in [0.1, 0.15) is 21.5 Å². The van der Waals surface area contributed by atoms with Crippen LogP contribution in [0.3, 0.4) is 0 Å². The first kappa shape index (κ1) is 20.5. The molecule has 0 aromatic heterocycles. The fourth-order valence-electron chi connectivity index (χ4n) is 2.51. The van der Waals surface area contributed by atoms with Crippen molar-refractivity contribution in [2.75, 3.05) is 7.11 Å². The number of thioether (sulfide) groups is 1. The van der Waals surface area contributed by atoms with Crippen LogP contribution in [0.4, 0.5) is 0 Å². The summed E-state index contributed by atoms with van der Waals surface area (Å²) in [5.41, 5.74) is 2.63. The summed E-state index contributed by atoms with van der Waals surface area (Å²) in [5.74, 6) is 1.40. The number of hydrogen-bond donors (Lipinski definition) is 0. The summed E-state index contributed by atoms with van der Waals surface area (Å²) in [5, 5.41) is 1.30. The van der Waals surface area contributed by atoms with Gasteiger partial charge in [0.1, 0.15) is 5.75 Å². The highest BCUT2D eigenvalue weighted by atomic mass is 35.5. The molecule has 0 aliphatic carbocycles. The number of carbonyl (C=O) groups excluding carboxylic acids is 1. The predicted molar refractivity (Wildman–Crippen MR) is 120 cm³/mol. The third kappa shape index (κ3) is 5.65. The lowest BCUT2D eigenvalue weighted by Gasteiger charge is -2.08. The summed E-state index contributed by atoms with van der Waals surface area (Å²) in [6, 6.07) is 22.2. The molecule has 0 N–H and O–H groups in total. The lowest BCUT2D eigenvalue weighted by atomic mass is 10.1. The van der Waals surface area contributed by atoms with Crippen LogP contribution in [-0.4, -0.2) is 12.9 Å². The van der Waals surface area contributed by atoms with Crippen molar-refractivity contribution in [1.29, 1.82) is 0 Å². The Kier molecular flexibility index (Phi) is 7.21. The fraction of sp³-hybridized carbons (Fsp3) is 0.0870. The topological polar surface area (TPSA) is 26.3 Å². The van der Waals surface area contributed by atoms with Crippen molar-refractivity contribution in [2.45, 2.75) is 5.75 Å². The second-order valence-corrected chi connectivity index (χ2v) is 7.92. The molecule has 0 aliphatic heterocycles. The Bertz CT molecular complexity index is 963. The van der Waals surface area contributed by atoms with Crippen molar-refractivity contribution < 1.29 is 9.53 Å². The van der Waals surface area contributed by atoms with Crippen LogP contribution in [0.25, 0.3) is 6.08 Å². The van der Waals surface area contributed by atoms with Crippen LogP contribution in [0.15, 0.2) is 77.7 Å². The molecule has 0 saturated carbocycles. The van der Waals surface area contributed by atoms with Gasteiger partial charge in [0.15, 0.2) is 5.78 Å². The van der Waals surface area contributed by atoms with Gasteiger partial charge in [-0.15, -0.1) is 11.8 Å². The minimum Gasteiger partial charge on any atom is -0.497 e. The van der Waals surface area contributed by atoms with Gasteiger partial charge in [0.2, 0.25) is 0 Å². The molecule has 142 valence electrons. The number of ketones is 1. The van der Waals surface area contributed by atoms with Crippen molar-refractivity contribution in [1.82, 2.24) is 0 Å². The highest BCUT2D eigenvalue weighted by Gasteiger charge is 2.14. The second-order valence-electron chi connectivity index (χ2n) is 6.03. The molecule has 0 saturated heterocycles. The van der Waals surface area contributed by atoms with Crippen LogP contribution < -0.4 is 4.74 Å². The molecule has 3 aromatic rings. The van der Waals surface area contributed by atoms with Crippen molar-refractivity contribution in [2.24, 2.45) is 0 Å². The van der Waals surface area contributed by atoms with Crippen LogP contribution in [0.2, 0.25) is 10.0 Å². The Morgan fingerprint density at radius 1 is 0.893 bits per heavy atom. The van der Waals surface area contributed by atoms with Gasteiger partial charge in [-0.1, -0.05) is 47.5 Å². The molecule has 0 bridgehead atoms. The maximum Gasteiger partial charge on any atom is 0.199 e. The average molecular weight is 429 g/mol. The first-order valence-corrected chi connectivity index (χ1v) is 10.3. The number of methoxy groups -OCH3 is 1. The number of halogens is 2. The monoisotopic (exact) mass is 428 g/mol. The molecular formula is C23H18Cl2O2S. The zero-order valence-corrected chi connectivity index (χ0v) is 17.5. The molecule has 3 rings (SSSR count).